The number of likely N-dealkylation sites (tertiary alicyclic amines) is 1. The molecule has 2 rings (SSSR count). The second-order valence-electron chi connectivity index (χ2n) is 4.70. The van der Waals surface area contributed by atoms with E-state index in [0.29, 0.717) is 11.3 Å². The van der Waals surface area contributed by atoms with Crippen LogP contribution in [0.15, 0.2) is 23.9 Å². The minimum Gasteiger partial charge on any atom is -0.497 e. The molecule has 1 aromatic rings. The van der Waals surface area contributed by atoms with E-state index in [9.17, 15) is 10.1 Å². The van der Waals surface area contributed by atoms with Crippen molar-refractivity contribution in [2.45, 2.75) is 19.3 Å². The van der Waals surface area contributed by atoms with Gasteiger partial charge in [-0.15, -0.1) is 0 Å². The molecule has 0 aromatic heterocycles. The molecule has 0 N–H and O–H groups in total. The smallest absolute Gasteiger partial charge is 0.280 e. The molecule has 102 valence electrons. The Morgan fingerprint density at radius 3 is 2.84 bits per heavy atom. The summed E-state index contributed by atoms with van der Waals surface area (Å²) >= 11 is 0. The molecule has 1 aliphatic rings. The van der Waals surface area contributed by atoms with Crippen LogP contribution in [0.25, 0.3) is 6.08 Å². The molecular formula is C14H18N2O3. The van der Waals surface area contributed by atoms with Crippen molar-refractivity contribution in [2.75, 3.05) is 20.7 Å². The summed E-state index contributed by atoms with van der Waals surface area (Å²) in [6.45, 7) is 1.01. The number of benzene rings is 1. The molecule has 0 amide bonds. The van der Waals surface area contributed by atoms with Crippen LogP contribution in [0.3, 0.4) is 0 Å². The minimum atomic E-state index is -0.363. The van der Waals surface area contributed by atoms with E-state index in [1.807, 2.05) is 13.1 Å². The fourth-order valence-electron chi connectivity index (χ4n) is 2.28. The van der Waals surface area contributed by atoms with Crippen LogP contribution in [-0.2, 0) is 0 Å². The molecule has 1 aromatic carbocycles. The van der Waals surface area contributed by atoms with Crippen molar-refractivity contribution in [3.63, 3.8) is 0 Å². The molecule has 1 fully saturated rings. The highest BCUT2D eigenvalue weighted by atomic mass is 16.6. The van der Waals surface area contributed by atoms with E-state index in [1.165, 1.54) is 19.6 Å². The topological polar surface area (TPSA) is 55.6 Å². The van der Waals surface area contributed by atoms with Crippen LogP contribution in [0.2, 0.25) is 0 Å². The van der Waals surface area contributed by atoms with Crippen molar-refractivity contribution in [1.82, 2.24) is 4.90 Å². The van der Waals surface area contributed by atoms with Gasteiger partial charge >= 0.3 is 0 Å². The number of rotatable bonds is 3. The zero-order valence-electron chi connectivity index (χ0n) is 11.3. The van der Waals surface area contributed by atoms with Crippen LogP contribution >= 0.6 is 0 Å². The Labute approximate surface area is 112 Å². The maximum Gasteiger partial charge on any atom is 0.280 e. The lowest BCUT2D eigenvalue weighted by Crippen LogP contribution is -2.23. The third kappa shape index (κ3) is 3.05. The number of hydrogen-bond acceptors (Lipinski definition) is 4. The SMILES string of the molecule is COc1ccc(C=C2CCCCN2C)c([N+](=O)[O-])c1. The summed E-state index contributed by atoms with van der Waals surface area (Å²) in [5, 5.41) is 11.1. The number of nitro benzene ring substituents is 1. The Kier molecular flexibility index (Phi) is 4.04. The van der Waals surface area contributed by atoms with Crippen LogP contribution in [0.1, 0.15) is 24.8 Å². The number of hydrogen-bond donors (Lipinski definition) is 0. The zero-order chi connectivity index (χ0) is 13.8. The fraction of sp³-hybridized carbons (Fsp3) is 0.429. The number of allylic oxidation sites excluding steroid dienone is 1. The maximum absolute atomic E-state index is 11.1. The quantitative estimate of drug-likeness (QED) is 0.620. The van der Waals surface area contributed by atoms with Crippen LogP contribution in [0.5, 0.6) is 5.75 Å². The Morgan fingerprint density at radius 2 is 2.21 bits per heavy atom. The molecule has 0 saturated carbocycles. The average Bonchev–Trinajstić information content (AvgIpc) is 2.41. The van der Waals surface area contributed by atoms with Gasteiger partial charge in [0.25, 0.3) is 5.69 Å². The summed E-state index contributed by atoms with van der Waals surface area (Å²) in [5.74, 6) is 0.505. The highest BCUT2D eigenvalue weighted by Gasteiger charge is 2.16. The van der Waals surface area contributed by atoms with Crippen molar-refractivity contribution >= 4 is 11.8 Å². The molecule has 0 aliphatic carbocycles. The summed E-state index contributed by atoms with van der Waals surface area (Å²) in [5.41, 5.74) is 1.87. The summed E-state index contributed by atoms with van der Waals surface area (Å²) in [4.78, 5) is 12.9. The van der Waals surface area contributed by atoms with E-state index in [0.717, 1.165) is 25.1 Å². The second kappa shape index (κ2) is 5.73. The molecule has 5 nitrogen and oxygen atoms in total. The van der Waals surface area contributed by atoms with E-state index in [4.69, 9.17) is 4.74 Å². The third-order valence-corrected chi connectivity index (χ3v) is 3.42. The lowest BCUT2D eigenvalue weighted by molar-refractivity contribution is -0.385. The average molecular weight is 262 g/mol. The van der Waals surface area contributed by atoms with Gasteiger partial charge in [-0.3, -0.25) is 10.1 Å². The van der Waals surface area contributed by atoms with Gasteiger partial charge in [0.15, 0.2) is 0 Å². The highest BCUT2D eigenvalue weighted by Crippen LogP contribution is 2.29. The Hall–Kier alpha value is -2.04. The standard InChI is InChI=1S/C14H18N2O3/c1-15-8-4-3-5-12(15)9-11-6-7-13(19-2)10-14(11)16(17)18/h6-7,9-10H,3-5,8H2,1-2H3. The third-order valence-electron chi connectivity index (χ3n) is 3.42. The van der Waals surface area contributed by atoms with Crippen LogP contribution in [0, 0.1) is 10.1 Å². The normalized spacial score (nSPS) is 17.6. The Balaban J connectivity index is 2.38. The van der Waals surface area contributed by atoms with Gasteiger partial charge in [0, 0.05) is 19.3 Å². The van der Waals surface area contributed by atoms with E-state index in [-0.39, 0.29) is 10.6 Å². The van der Waals surface area contributed by atoms with Gasteiger partial charge in [0.05, 0.1) is 23.7 Å². The van der Waals surface area contributed by atoms with Crippen LogP contribution < -0.4 is 4.74 Å². The van der Waals surface area contributed by atoms with Gasteiger partial charge in [0.2, 0.25) is 0 Å². The van der Waals surface area contributed by atoms with Crippen LogP contribution in [-0.4, -0.2) is 30.5 Å². The Morgan fingerprint density at radius 1 is 1.42 bits per heavy atom. The molecular weight excluding hydrogens is 244 g/mol. The minimum absolute atomic E-state index is 0.0887. The van der Waals surface area contributed by atoms with Gasteiger partial charge in [-0.25, -0.2) is 0 Å². The molecule has 19 heavy (non-hydrogen) atoms. The first-order valence-electron chi connectivity index (χ1n) is 6.36. The van der Waals surface area contributed by atoms with E-state index < -0.39 is 0 Å². The fourth-order valence-corrected chi connectivity index (χ4v) is 2.28. The monoisotopic (exact) mass is 262 g/mol. The molecule has 0 unspecified atom stereocenters. The number of piperidine rings is 1. The molecule has 1 aliphatic heterocycles. The van der Waals surface area contributed by atoms with Gasteiger partial charge in [-0.05, 0) is 37.5 Å². The predicted octanol–water partition coefficient (Wildman–Crippen LogP) is 3.06. The van der Waals surface area contributed by atoms with Crippen molar-refractivity contribution in [1.29, 1.82) is 0 Å². The molecule has 1 saturated heterocycles. The van der Waals surface area contributed by atoms with E-state index >= 15 is 0 Å². The van der Waals surface area contributed by atoms with Gasteiger partial charge < -0.3 is 9.64 Å². The van der Waals surface area contributed by atoms with E-state index in [1.54, 1.807) is 12.1 Å². The molecule has 0 spiro atoms. The Bertz CT molecular complexity index is 511. The molecule has 0 radical (unpaired) electrons. The van der Waals surface area contributed by atoms with Crippen molar-refractivity contribution in [3.8, 4) is 5.75 Å². The first kappa shape index (κ1) is 13.4. The van der Waals surface area contributed by atoms with E-state index in [2.05, 4.69) is 4.90 Å². The summed E-state index contributed by atoms with van der Waals surface area (Å²) in [6.07, 6.45) is 5.20. The number of ether oxygens (including phenoxy) is 1. The first-order valence-corrected chi connectivity index (χ1v) is 6.36. The molecule has 0 atom stereocenters. The van der Waals surface area contributed by atoms with Gasteiger partial charge in [-0.2, -0.15) is 0 Å². The first-order chi connectivity index (χ1) is 9.11. The molecule has 0 bridgehead atoms. The summed E-state index contributed by atoms with van der Waals surface area (Å²) in [6, 6.07) is 4.96. The van der Waals surface area contributed by atoms with Gasteiger partial charge in [0.1, 0.15) is 5.75 Å². The zero-order valence-corrected chi connectivity index (χ0v) is 11.3. The lowest BCUT2D eigenvalue weighted by Gasteiger charge is -2.27. The molecule has 1 heterocycles. The predicted molar refractivity (Wildman–Crippen MR) is 74.1 cm³/mol. The summed E-state index contributed by atoms with van der Waals surface area (Å²) < 4.78 is 5.04. The number of methoxy groups -OCH3 is 1. The van der Waals surface area contributed by atoms with Crippen LogP contribution in [0.4, 0.5) is 5.69 Å². The van der Waals surface area contributed by atoms with Crippen molar-refractivity contribution in [3.05, 3.63) is 39.6 Å². The maximum atomic E-state index is 11.1. The number of nitrogens with zero attached hydrogens (tertiary/aromatic N) is 2. The number of nitro groups is 1. The second-order valence-corrected chi connectivity index (χ2v) is 4.70. The summed E-state index contributed by atoms with van der Waals surface area (Å²) in [7, 11) is 3.53. The van der Waals surface area contributed by atoms with Gasteiger partial charge in [-0.1, -0.05) is 0 Å². The van der Waals surface area contributed by atoms with Crippen molar-refractivity contribution in [2.24, 2.45) is 0 Å². The highest BCUT2D eigenvalue weighted by molar-refractivity contribution is 5.64. The largest absolute Gasteiger partial charge is 0.497 e. The van der Waals surface area contributed by atoms with Crippen molar-refractivity contribution < 1.29 is 9.66 Å². The lowest BCUT2D eigenvalue weighted by atomic mass is 10.0. The molecule has 5 heteroatoms.